The predicted molar refractivity (Wildman–Crippen MR) is 72.0 cm³/mol. The third-order valence-electron chi connectivity index (χ3n) is 2.10. The highest BCUT2D eigenvalue weighted by Crippen LogP contribution is 2.25. The Kier molecular flexibility index (Phi) is 5.08. The molecule has 1 rings (SSSR count). The normalized spacial score (nSPS) is 11.4. The van der Waals surface area contributed by atoms with Gasteiger partial charge in [0.1, 0.15) is 0 Å². The second-order valence-electron chi connectivity index (χ2n) is 3.29. The monoisotopic (exact) mass is 325 g/mol. The molecule has 0 saturated heterocycles. The molecule has 90 valence electrons. The standard InChI is InChI=1S/C10H13BrClNO2S/c1-2-16(14,15)6-5-13-10-4-3-8(12)7-9(10)11/h3-4,7,13H,2,5-6H2,1H3. The van der Waals surface area contributed by atoms with Gasteiger partial charge in [-0.05, 0) is 34.1 Å². The third kappa shape index (κ3) is 4.31. The number of halogens is 2. The van der Waals surface area contributed by atoms with E-state index in [0.717, 1.165) is 10.2 Å². The molecule has 0 fully saturated rings. The van der Waals surface area contributed by atoms with Gasteiger partial charge in [-0.1, -0.05) is 18.5 Å². The highest BCUT2D eigenvalue weighted by atomic mass is 79.9. The van der Waals surface area contributed by atoms with Crippen molar-refractivity contribution < 1.29 is 8.42 Å². The summed E-state index contributed by atoms with van der Waals surface area (Å²) in [5, 5.41) is 3.68. The first-order valence-electron chi connectivity index (χ1n) is 4.84. The smallest absolute Gasteiger partial charge is 0.151 e. The number of benzene rings is 1. The molecular formula is C10H13BrClNO2S. The Hall–Kier alpha value is -0.260. The first-order valence-corrected chi connectivity index (χ1v) is 7.83. The molecule has 0 aliphatic carbocycles. The van der Waals surface area contributed by atoms with E-state index in [1.807, 2.05) is 6.07 Å². The molecule has 0 aliphatic heterocycles. The van der Waals surface area contributed by atoms with Crippen molar-refractivity contribution in [3.63, 3.8) is 0 Å². The van der Waals surface area contributed by atoms with E-state index < -0.39 is 9.84 Å². The summed E-state index contributed by atoms with van der Waals surface area (Å²) in [6.07, 6.45) is 0. The maximum absolute atomic E-state index is 11.3. The molecule has 1 aromatic carbocycles. The van der Waals surface area contributed by atoms with E-state index >= 15 is 0 Å². The lowest BCUT2D eigenvalue weighted by molar-refractivity contribution is 0.597. The van der Waals surface area contributed by atoms with Crippen LogP contribution in [-0.4, -0.2) is 26.5 Å². The number of rotatable bonds is 5. The van der Waals surface area contributed by atoms with Gasteiger partial charge >= 0.3 is 0 Å². The van der Waals surface area contributed by atoms with Crippen molar-refractivity contribution >= 4 is 43.1 Å². The third-order valence-corrected chi connectivity index (χ3v) is 4.70. The SMILES string of the molecule is CCS(=O)(=O)CCNc1ccc(Cl)cc1Br. The summed E-state index contributed by atoms with van der Waals surface area (Å²) in [5.41, 5.74) is 0.843. The summed E-state index contributed by atoms with van der Waals surface area (Å²) in [6.45, 7) is 2.05. The molecule has 0 heterocycles. The molecule has 0 saturated carbocycles. The Balaban J connectivity index is 2.56. The molecule has 0 amide bonds. The molecule has 0 aromatic heterocycles. The highest BCUT2D eigenvalue weighted by molar-refractivity contribution is 9.10. The van der Waals surface area contributed by atoms with Gasteiger partial charge in [0, 0.05) is 27.5 Å². The summed E-state index contributed by atoms with van der Waals surface area (Å²) in [5.74, 6) is 0.315. The Labute approximate surface area is 109 Å². The first-order chi connectivity index (χ1) is 7.44. The molecule has 1 N–H and O–H groups in total. The van der Waals surface area contributed by atoms with E-state index in [-0.39, 0.29) is 11.5 Å². The average molecular weight is 327 g/mol. The van der Waals surface area contributed by atoms with Crippen molar-refractivity contribution in [3.05, 3.63) is 27.7 Å². The van der Waals surface area contributed by atoms with Gasteiger partial charge in [-0.2, -0.15) is 0 Å². The molecule has 0 atom stereocenters. The number of sulfone groups is 1. The zero-order chi connectivity index (χ0) is 12.2. The van der Waals surface area contributed by atoms with Gasteiger partial charge in [-0.25, -0.2) is 8.42 Å². The largest absolute Gasteiger partial charge is 0.383 e. The zero-order valence-corrected chi connectivity index (χ0v) is 12.0. The van der Waals surface area contributed by atoms with Crippen LogP contribution < -0.4 is 5.32 Å². The van der Waals surface area contributed by atoms with E-state index in [0.29, 0.717) is 11.6 Å². The van der Waals surface area contributed by atoms with Crippen molar-refractivity contribution in [1.29, 1.82) is 0 Å². The number of hydrogen-bond donors (Lipinski definition) is 1. The Morgan fingerprint density at radius 3 is 2.69 bits per heavy atom. The van der Waals surface area contributed by atoms with E-state index in [9.17, 15) is 8.42 Å². The molecule has 0 radical (unpaired) electrons. The summed E-state index contributed by atoms with van der Waals surface area (Å²) in [6, 6.07) is 5.33. The lowest BCUT2D eigenvalue weighted by Crippen LogP contribution is -2.17. The van der Waals surface area contributed by atoms with Crippen LogP contribution in [0.1, 0.15) is 6.92 Å². The number of anilines is 1. The Morgan fingerprint density at radius 2 is 2.12 bits per heavy atom. The Morgan fingerprint density at radius 1 is 1.44 bits per heavy atom. The van der Waals surface area contributed by atoms with Gasteiger partial charge in [0.2, 0.25) is 0 Å². The first kappa shape index (κ1) is 13.8. The molecule has 3 nitrogen and oxygen atoms in total. The van der Waals surface area contributed by atoms with Gasteiger partial charge in [0.15, 0.2) is 9.84 Å². The highest BCUT2D eigenvalue weighted by Gasteiger charge is 2.07. The van der Waals surface area contributed by atoms with Crippen molar-refractivity contribution in [2.45, 2.75) is 6.92 Å². The molecule has 16 heavy (non-hydrogen) atoms. The molecule has 1 aromatic rings. The summed E-state index contributed by atoms with van der Waals surface area (Å²) in [4.78, 5) is 0. The van der Waals surface area contributed by atoms with Crippen LogP contribution in [0.25, 0.3) is 0 Å². The fraction of sp³-hybridized carbons (Fsp3) is 0.400. The van der Waals surface area contributed by atoms with Crippen molar-refractivity contribution in [3.8, 4) is 0 Å². The minimum absolute atomic E-state index is 0.137. The van der Waals surface area contributed by atoms with Gasteiger partial charge in [0.05, 0.1) is 5.75 Å². The minimum Gasteiger partial charge on any atom is -0.383 e. The fourth-order valence-corrected chi connectivity index (χ4v) is 2.64. The van der Waals surface area contributed by atoms with Gasteiger partial charge in [-0.3, -0.25) is 0 Å². The second-order valence-corrected chi connectivity index (χ2v) is 7.05. The van der Waals surface area contributed by atoms with Crippen molar-refractivity contribution in [2.24, 2.45) is 0 Å². The number of nitrogens with one attached hydrogen (secondary N) is 1. The van der Waals surface area contributed by atoms with E-state index in [1.165, 1.54) is 0 Å². The quantitative estimate of drug-likeness (QED) is 0.905. The van der Waals surface area contributed by atoms with Crippen LogP contribution in [0.2, 0.25) is 5.02 Å². The van der Waals surface area contributed by atoms with Crippen LogP contribution in [-0.2, 0) is 9.84 Å². The molecular weight excluding hydrogens is 314 g/mol. The van der Waals surface area contributed by atoms with E-state index in [2.05, 4.69) is 21.2 Å². The van der Waals surface area contributed by atoms with E-state index in [1.54, 1.807) is 19.1 Å². The van der Waals surface area contributed by atoms with Crippen LogP contribution >= 0.6 is 27.5 Å². The lowest BCUT2D eigenvalue weighted by Gasteiger charge is -2.08. The molecule has 0 bridgehead atoms. The molecule has 6 heteroatoms. The second kappa shape index (κ2) is 5.89. The van der Waals surface area contributed by atoms with Crippen molar-refractivity contribution in [2.75, 3.05) is 23.4 Å². The fourth-order valence-electron chi connectivity index (χ4n) is 1.12. The summed E-state index contributed by atoms with van der Waals surface area (Å²) >= 11 is 9.14. The van der Waals surface area contributed by atoms with E-state index in [4.69, 9.17) is 11.6 Å². The van der Waals surface area contributed by atoms with Crippen LogP contribution in [0, 0.1) is 0 Å². The van der Waals surface area contributed by atoms with Crippen molar-refractivity contribution in [1.82, 2.24) is 0 Å². The van der Waals surface area contributed by atoms with Gasteiger partial charge in [0.25, 0.3) is 0 Å². The van der Waals surface area contributed by atoms with Crippen LogP contribution in [0.15, 0.2) is 22.7 Å². The average Bonchev–Trinajstić information content (AvgIpc) is 2.21. The van der Waals surface area contributed by atoms with Crippen LogP contribution in [0.5, 0.6) is 0 Å². The van der Waals surface area contributed by atoms with Crippen LogP contribution in [0.4, 0.5) is 5.69 Å². The molecule has 0 unspecified atom stereocenters. The maximum Gasteiger partial charge on any atom is 0.151 e. The van der Waals surface area contributed by atoms with Gasteiger partial charge in [-0.15, -0.1) is 0 Å². The topological polar surface area (TPSA) is 46.2 Å². The Bertz CT molecular complexity index is 462. The summed E-state index contributed by atoms with van der Waals surface area (Å²) < 4.78 is 23.3. The van der Waals surface area contributed by atoms with Gasteiger partial charge < -0.3 is 5.32 Å². The lowest BCUT2D eigenvalue weighted by atomic mass is 10.3. The predicted octanol–water partition coefficient (Wildman–Crippen LogP) is 2.95. The maximum atomic E-state index is 11.3. The minimum atomic E-state index is -2.91. The zero-order valence-electron chi connectivity index (χ0n) is 8.83. The summed E-state index contributed by atoms with van der Waals surface area (Å²) in [7, 11) is -2.91. The molecule has 0 spiro atoms. The molecule has 0 aliphatic rings. The van der Waals surface area contributed by atoms with Crippen LogP contribution in [0.3, 0.4) is 0 Å². The number of hydrogen-bond acceptors (Lipinski definition) is 3.